The maximum atomic E-state index is 4.86. The van der Waals surface area contributed by atoms with Gasteiger partial charge in [-0.3, -0.25) is 0 Å². The van der Waals surface area contributed by atoms with Crippen molar-refractivity contribution in [1.29, 1.82) is 0 Å². The minimum Gasteiger partial charge on any atom is -0.364 e. The molecule has 0 bridgehead atoms. The number of rotatable bonds is 7. The minimum absolute atomic E-state index is 0.281. The summed E-state index contributed by atoms with van der Waals surface area (Å²) in [4.78, 5) is 14.4. The first kappa shape index (κ1) is 32.1. The fraction of sp³-hybridized carbons (Fsp3) is 0.514. The van der Waals surface area contributed by atoms with Crippen LogP contribution in [0.1, 0.15) is 103 Å². The van der Waals surface area contributed by atoms with E-state index >= 15 is 0 Å². The largest absolute Gasteiger partial charge is 0.364 e. The third-order valence-corrected chi connectivity index (χ3v) is 6.89. The molecule has 1 aliphatic carbocycles. The van der Waals surface area contributed by atoms with E-state index in [1.807, 2.05) is 20.2 Å². The number of nitrogens with zero attached hydrogens (tertiary/aromatic N) is 4. The Kier molecular flexibility index (Phi) is 12.2. The summed E-state index contributed by atoms with van der Waals surface area (Å²) >= 11 is 0. The van der Waals surface area contributed by atoms with Gasteiger partial charge in [-0.05, 0) is 63.1 Å². The van der Waals surface area contributed by atoms with Crippen molar-refractivity contribution in [2.75, 3.05) is 10.6 Å². The van der Waals surface area contributed by atoms with Crippen LogP contribution < -0.4 is 10.6 Å². The zero-order valence-corrected chi connectivity index (χ0v) is 26.9. The maximum absolute atomic E-state index is 4.86. The Morgan fingerprint density at radius 3 is 2.02 bits per heavy atom. The Labute approximate surface area is 248 Å². The summed E-state index contributed by atoms with van der Waals surface area (Å²) in [6.07, 6.45) is 8.10. The van der Waals surface area contributed by atoms with E-state index in [0.717, 1.165) is 22.9 Å². The van der Waals surface area contributed by atoms with Crippen molar-refractivity contribution in [2.45, 2.75) is 113 Å². The maximum Gasteiger partial charge on any atom is 0.227 e. The molecule has 4 aromatic rings. The molecular weight excluding hydrogens is 504 g/mol. The van der Waals surface area contributed by atoms with Gasteiger partial charge in [-0.1, -0.05) is 107 Å². The second-order valence-corrected chi connectivity index (χ2v) is 12.0. The molecule has 0 saturated heterocycles. The molecule has 0 radical (unpaired) electrons. The number of imidazole rings is 1. The molecule has 0 aliphatic heterocycles. The fourth-order valence-electron chi connectivity index (χ4n) is 5.05. The molecular formula is C35H52N6. The number of hydrogen-bond donors (Lipinski definition) is 2. The van der Waals surface area contributed by atoms with E-state index in [-0.39, 0.29) is 6.04 Å². The van der Waals surface area contributed by atoms with Gasteiger partial charge < -0.3 is 15.2 Å². The smallest absolute Gasteiger partial charge is 0.227 e. The number of hydrogen-bond acceptors (Lipinski definition) is 5. The third kappa shape index (κ3) is 9.31. The normalized spacial score (nSPS) is 13.4. The van der Waals surface area contributed by atoms with E-state index in [4.69, 9.17) is 9.97 Å². The van der Waals surface area contributed by atoms with Crippen LogP contribution in [0.3, 0.4) is 0 Å². The summed E-state index contributed by atoms with van der Waals surface area (Å²) < 4.78 is 2.12. The first-order valence-corrected chi connectivity index (χ1v) is 15.6. The number of nitrogens with one attached hydrogen (secondary N) is 2. The highest BCUT2D eigenvalue weighted by Crippen LogP contribution is 2.27. The van der Waals surface area contributed by atoms with Crippen LogP contribution in [-0.2, 0) is 6.54 Å². The highest BCUT2D eigenvalue weighted by atomic mass is 15.2. The second-order valence-electron chi connectivity index (χ2n) is 12.0. The molecule has 6 heteroatoms. The average molecular weight is 557 g/mol. The van der Waals surface area contributed by atoms with Crippen LogP contribution in [0.25, 0.3) is 22.3 Å². The van der Waals surface area contributed by atoms with E-state index < -0.39 is 0 Å². The summed E-state index contributed by atoms with van der Waals surface area (Å²) in [6, 6.07) is 16.2. The Balaban J connectivity index is 0.000000710. The highest BCUT2D eigenvalue weighted by molar-refractivity contribution is 5.84. The van der Waals surface area contributed by atoms with Crippen LogP contribution in [0.4, 0.5) is 11.8 Å². The first-order chi connectivity index (χ1) is 19.7. The second kappa shape index (κ2) is 15.6. The van der Waals surface area contributed by atoms with Crippen molar-refractivity contribution in [2.24, 2.45) is 5.92 Å². The first-order valence-electron chi connectivity index (χ1n) is 15.6. The van der Waals surface area contributed by atoms with Crippen molar-refractivity contribution in [3.05, 3.63) is 65.5 Å². The van der Waals surface area contributed by atoms with Gasteiger partial charge in [0.2, 0.25) is 5.95 Å². The Morgan fingerprint density at radius 1 is 0.829 bits per heavy atom. The van der Waals surface area contributed by atoms with Gasteiger partial charge in [0.05, 0.1) is 6.33 Å². The number of benzene rings is 2. The fourth-order valence-corrected chi connectivity index (χ4v) is 5.05. The molecule has 5 rings (SSSR count). The van der Waals surface area contributed by atoms with Crippen molar-refractivity contribution in [3.8, 4) is 11.1 Å². The third-order valence-electron chi connectivity index (χ3n) is 6.89. The Bertz CT molecular complexity index is 1320. The molecule has 0 unspecified atom stereocenters. The number of aryl methyl sites for hydroxylation is 2. The van der Waals surface area contributed by atoms with Crippen molar-refractivity contribution < 1.29 is 0 Å². The van der Waals surface area contributed by atoms with Gasteiger partial charge >= 0.3 is 0 Å². The lowest BCUT2D eigenvalue weighted by atomic mass is 9.96. The lowest BCUT2D eigenvalue weighted by molar-refractivity contribution is 0.461. The van der Waals surface area contributed by atoms with Gasteiger partial charge in [-0.25, -0.2) is 4.98 Å². The standard InChI is InChI=1S/C29H36N6.C4H10.C2H6/c1-19(2)35-18-31-26-27(33-29(34-28(26)35)32-25-8-6-5-7-9-25)30-17-22-10-12-23(13-11-22)24-15-20(3)14-21(4)16-24;1-4(2)3;1-2/h10-16,18-19,25H,5-9,17H2,1-4H3,(H2,30,32,33,34);4H,1-3H3;1-2H3. The topological polar surface area (TPSA) is 67.7 Å². The van der Waals surface area contributed by atoms with Crippen LogP contribution in [0.5, 0.6) is 0 Å². The number of fused-ring (bicyclic) bond motifs is 1. The zero-order valence-electron chi connectivity index (χ0n) is 26.9. The molecule has 1 fully saturated rings. The predicted molar refractivity (Wildman–Crippen MR) is 177 cm³/mol. The SMILES string of the molecule is CC.CC(C)C.Cc1cc(C)cc(-c2ccc(CNc3nc(NC4CCCCC4)nc4c3ncn4C(C)C)cc2)c1. The van der Waals surface area contributed by atoms with Gasteiger partial charge in [0.1, 0.15) is 0 Å². The van der Waals surface area contributed by atoms with E-state index in [0.29, 0.717) is 18.5 Å². The minimum atomic E-state index is 0.281. The molecule has 1 aliphatic rings. The lowest BCUT2D eigenvalue weighted by Crippen LogP contribution is -2.24. The van der Waals surface area contributed by atoms with E-state index in [1.165, 1.54) is 59.9 Å². The quantitative estimate of drug-likeness (QED) is 0.237. The van der Waals surface area contributed by atoms with Crippen LogP contribution in [0.2, 0.25) is 0 Å². The lowest BCUT2D eigenvalue weighted by Gasteiger charge is -2.23. The number of aromatic nitrogens is 4. The van der Waals surface area contributed by atoms with E-state index in [2.05, 4.69) is 111 Å². The summed E-state index contributed by atoms with van der Waals surface area (Å²) in [7, 11) is 0. The van der Waals surface area contributed by atoms with Crippen LogP contribution in [0, 0.1) is 19.8 Å². The molecule has 6 nitrogen and oxygen atoms in total. The van der Waals surface area contributed by atoms with Crippen molar-refractivity contribution >= 4 is 22.9 Å². The van der Waals surface area contributed by atoms with Gasteiger partial charge in [0.15, 0.2) is 17.0 Å². The van der Waals surface area contributed by atoms with E-state index in [1.54, 1.807) is 0 Å². The van der Waals surface area contributed by atoms with Gasteiger partial charge in [0, 0.05) is 18.6 Å². The highest BCUT2D eigenvalue weighted by Gasteiger charge is 2.18. The van der Waals surface area contributed by atoms with Crippen LogP contribution in [-0.4, -0.2) is 25.6 Å². The Hall–Kier alpha value is -3.41. The monoisotopic (exact) mass is 556 g/mol. The molecule has 222 valence electrons. The summed E-state index contributed by atoms with van der Waals surface area (Å²) in [5.41, 5.74) is 7.97. The van der Waals surface area contributed by atoms with E-state index in [9.17, 15) is 0 Å². The Morgan fingerprint density at radius 2 is 1.44 bits per heavy atom. The molecule has 0 spiro atoms. The van der Waals surface area contributed by atoms with Crippen LogP contribution >= 0.6 is 0 Å². The van der Waals surface area contributed by atoms with Crippen molar-refractivity contribution in [1.82, 2.24) is 19.5 Å². The van der Waals surface area contributed by atoms with Gasteiger partial charge in [-0.15, -0.1) is 0 Å². The van der Waals surface area contributed by atoms with Gasteiger partial charge in [-0.2, -0.15) is 9.97 Å². The molecule has 2 aromatic carbocycles. The molecule has 2 heterocycles. The summed E-state index contributed by atoms with van der Waals surface area (Å²) in [5, 5.41) is 7.14. The molecule has 2 N–H and O–H groups in total. The number of anilines is 2. The molecule has 1 saturated carbocycles. The average Bonchev–Trinajstić information content (AvgIpc) is 3.37. The molecule has 41 heavy (non-hydrogen) atoms. The molecule has 0 atom stereocenters. The summed E-state index contributed by atoms with van der Waals surface area (Å²) in [5.74, 6) is 2.31. The van der Waals surface area contributed by atoms with Crippen LogP contribution in [0.15, 0.2) is 48.8 Å². The van der Waals surface area contributed by atoms with Gasteiger partial charge in [0.25, 0.3) is 0 Å². The summed E-state index contributed by atoms with van der Waals surface area (Å²) in [6.45, 7) is 19.8. The van der Waals surface area contributed by atoms with Crippen molar-refractivity contribution in [3.63, 3.8) is 0 Å². The molecule has 0 amide bonds. The zero-order chi connectivity index (χ0) is 29.9. The molecule has 2 aromatic heterocycles. The predicted octanol–water partition coefficient (Wildman–Crippen LogP) is 9.74.